The predicted octanol–water partition coefficient (Wildman–Crippen LogP) is 0.0186. The second-order valence-corrected chi connectivity index (χ2v) is 10.6. The second-order valence-electron chi connectivity index (χ2n) is 6.39. The molecule has 0 bridgehead atoms. The van der Waals surface area contributed by atoms with E-state index in [9.17, 15) is 26.4 Å². The Hall–Kier alpha value is -2.80. The molecule has 0 aromatic heterocycles. The Morgan fingerprint density at radius 3 is 2.00 bits per heavy atom. The molecule has 12 heteroatoms. The Morgan fingerprint density at radius 1 is 0.800 bits per heavy atom. The number of carbonyl (C=O) groups excluding carboxylic acids is 2. The van der Waals surface area contributed by atoms with Gasteiger partial charge in [0.2, 0.25) is 20.0 Å². The Labute approximate surface area is 175 Å². The third-order valence-corrected chi connectivity index (χ3v) is 7.64. The highest BCUT2D eigenvalue weighted by atomic mass is 32.2. The van der Waals surface area contributed by atoms with E-state index in [4.69, 9.17) is 0 Å². The van der Waals surface area contributed by atoms with Crippen molar-refractivity contribution in [1.29, 1.82) is 0 Å². The summed E-state index contributed by atoms with van der Waals surface area (Å²) in [4.78, 5) is 24.2. The quantitative estimate of drug-likeness (QED) is 0.567. The van der Waals surface area contributed by atoms with Gasteiger partial charge in [-0.05, 0) is 30.3 Å². The number of benzene rings is 2. The second kappa shape index (κ2) is 9.34. The van der Waals surface area contributed by atoms with Crippen molar-refractivity contribution in [3.05, 3.63) is 60.2 Å². The lowest BCUT2D eigenvalue weighted by Crippen LogP contribution is -2.46. The molecule has 2 N–H and O–H groups in total. The number of amides is 2. The molecule has 0 aliphatic rings. The summed E-state index contributed by atoms with van der Waals surface area (Å²) in [5.41, 5.74) is 4.25. The number of nitrogens with zero attached hydrogens (tertiary/aromatic N) is 2. The van der Waals surface area contributed by atoms with E-state index in [0.29, 0.717) is 0 Å². The molecule has 0 fully saturated rings. The van der Waals surface area contributed by atoms with Gasteiger partial charge in [-0.15, -0.1) is 0 Å². The normalized spacial score (nSPS) is 12.0. The lowest BCUT2D eigenvalue weighted by molar-refractivity contribution is -0.121. The zero-order chi connectivity index (χ0) is 22.5. The van der Waals surface area contributed by atoms with Gasteiger partial charge in [-0.3, -0.25) is 20.4 Å². The van der Waals surface area contributed by atoms with E-state index < -0.39 is 38.4 Å². The first-order chi connectivity index (χ1) is 14.0. The summed E-state index contributed by atoms with van der Waals surface area (Å²) >= 11 is 0. The van der Waals surface area contributed by atoms with Crippen LogP contribution in [0.5, 0.6) is 0 Å². The Morgan fingerprint density at radius 2 is 1.40 bits per heavy atom. The number of hydrazine groups is 1. The molecule has 0 saturated heterocycles. The zero-order valence-electron chi connectivity index (χ0n) is 16.6. The van der Waals surface area contributed by atoms with E-state index in [1.165, 1.54) is 57.5 Å². The molecule has 2 amide bonds. The van der Waals surface area contributed by atoms with Crippen LogP contribution in [0, 0.1) is 0 Å². The SMILES string of the molecule is CN(C)S(=O)(=O)c1cccc(C(=O)NNC(=O)CN(C)S(=O)(=O)c2ccccc2)c1. The molecular weight excluding hydrogens is 432 g/mol. The number of nitrogens with one attached hydrogen (secondary N) is 2. The molecule has 0 radical (unpaired) electrons. The number of carbonyl (C=O) groups is 2. The van der Waals surface area contributed by atoms with Gasteiger partial charge in [0, 0.05) is 26.7 Å². The molecule has 2 aromatic rings. The summed E-state index contributed by atoms with van der Waals surface area (Å²) in [6, 6.07) is 12.9. The third-order valence-electron chi connectivity index (χ3n) is 4.01. The summed E-state index contributed by atoms with van der Waals surface area (Å²) in [5, 5.41) is 0. The molecule has 162 valence electrons. The van der Waals surface area contributed by atoms with E-state index in [1.54, 1.807) is 18.2 Å². The highest BCUT2D eigenvalue weighted by Gasteiger charge is 2.23. The summed E-state index contributed by atoms with van der Waals surface area (Å²) in [7, 11) is -3.63. The van der Waals surface area contributed by atoms with Gasteiger partial charge >= 0.3 is 0 Å². The zero-order valence-corrected chi connectivity index (χ0v) is 18.2. The van der Waals surface area contributed by atoms with Gasteiger partial charge < -0.3 is 0 Å². The molecule has 0 aliphatic heterocycles. The van der Waals surface area contributed by atoms with Crippen molar-refractivity contribution in [2.45, 2.75) is 9.79 Å². The van der Waals surface area contributed by atoms with E-state index in [0.717, 1.165) is 8.61 Å². The molecule has 0 spiro atoms. The summed E-state index contributed by atoms with van der Waals surface area (Å²) in [6.07, 6.45) is 0. The fraction of sp³-hybridized carbons (Fsp3) is 0.222. The maximum atomic E-state index is 12.4. The van der Waals surface area contributed by atoms with Crippen molar-refractivity contribution in [2.75, 3.05) is 27.7 Å². The maximum absolute atomic E-state index is 12.4. The first-order valence-corrected chi connectivity index (χ1v) is 11.5. The number of likely N-dealkylation sites (N-methyl/N-ethyl adjacent to an activating group) is 1. The molecule has 0 saturated carbocycles. The highest BCUT2D eigenvalue weighted by Crippen LogP contribution is 2.15. The van der Waals surface area contributed by atoms with E-state index >= 15 is 0 Å². The lowest BCUT2D eigenvalue weighted by Gasteiger charge is -2.17. The Balaban J connectivity index is 2.01. The van der Waals surface area contributed by atoms with Crippen LogP contribution in [0.1, 0.15) is 10.4 Å². The van der Waals surface area contributed by atoms with Gasteiger partial charge in [-0.1, -0.05) is 24.3 Å². The fourth-order valence-electron chi connectivity index (χ4n) is 2.31. The number of rotatable bonds is 7. The average Bonchev–Trinajstić information content (AvgIpc) is 2.72. The lowest BCUT2D eigenvalue weighted by atomic mass is 10.2. The van der Waals surface area contributed by atoms with E-state index in [1.807, 2.05) is 0 Å². The molecule has 0 unspecified atom stereocenters. The standard InChI is InChI=1S/C18H22N4O6S2/c1-21(2)29(25,26)16-11-7-8-14(12-16)18(24)20-19-17(23)13-22(3)30(27,28)15-9-5-4-6-10-15/h4-12H,13H2,1-3H3,(H,19,23)(H,20,24). The van der Waals surface area contributed by atoms with Crippen molar-refractivity contribution in [3.8, 4) is 0 Å². The van der Waals surface area contributed by atoms with Crippen molar-refractivity contribution in [3.63, 3.8) is 0 Å². The molecule has 2 rings (SSSR count). The third kappa shape index (κ3) is 5.42. The van der Waals surface area contributed by atoms with Crippen LogP contribution in [0.3, 0.4) is 0 Å². The minimum atomic E-state index is -3.87. The van der Waals surface area contributed by atoms with E-state index in [-0.39, 0.29) is 15.4 Å². The first-order valence-electron chi connectivity index (χ1n) is 8.59. The van der Waals surface area contributed by atoms with Crippen LogP contribution in [-0.2, 0) is 24.8 Å². The largest absolute Gasteiger partial charge is 0.272 e. The molecule has 30 heavy (non-hydrogen) atoms. The average molecular weight is 455 g/mol. The van der Waals surface area contributed by atoms with Crippen LogP contribution < -0.4 is 10.9 Å². The highest BCUT2D eigenvalue weighted by molar-refractivity contribution is 7.89. The maximum Gasteiger partial charge on any atom is 0.269 e. The van der Waals surface area contributed by atoms with Crippen LogP contribution in [0.25, 0.3) is 0 Å². The monoisotopic (exact) mass is 454 g/mol. The molecule has 0 atom stereocenters. The van der Waals surface area contributed by atoms with Crippen molar-refractivity contribution in [1.82, 2.24) is 19.5 Å². The van der Waals surface area contributed by atoms with Gasteiger partial charge in [0.1, 0.15) is 0 Å². The fourth-order valence-corrected chi connectivity index (χ4v) is 4.40. The topological polar surface area (TPSA) is 133 Å². The number of hydrogen-bond donors (Lipinski definition) is 2. The molecule has 10 nitrogen and oxygen atoms in total. The van der Waals surface area contributed by atoms with Crippen LogP contribution >= 0.6 is 0 Å². The van der Waals surface area contributed by atoms with Gasteiger partial charge in [-0.25, -0.2) is 21.1 Å². The molecule has 0 aliphatic carbocycles. The summed E-state index contributed by atoms with van der Waals surface area (Å²) in [5.74, 6) is -1.53. The van der Waals surface area contributed by atoms with Crippen LogP contribution in [0.15, 0.2) is 64.4 Å². The molecular formula is C18H22N4O6S2. The van der Waals surface area contributed by atoms with Crippen molar-refractivity contribution in [2.24, 2.45) is 0 Å². The minimum absolute atomic E-state index is 0.00323. The number of sulfonamides is 2. The number of hydrogen-bond acceptors (Lipinski definition) is 6. The van der Waals surface area contributed by atoms with Crippen molar-refractivity contribution >= 4 is 31.9 Å². The Bertz CT molecular complexity index is 1130. The molecule has 0 heterocycles. The predicted molar refractivity (Wildman–Crippen MR) is 109 cm³/mol. The van der Waals surface area contributed by atoms with Crippen LogP contribution in [0.4, 0.5) is 0 Å². The smallest absolute Gasteiger partial charge is 0.269 e. The summed E-state index contributed by atoms with van der Waals surface area (Å²) < 4.78 is 51.0. The Kier molecular flexibility index (Phi) is 7.31. The molecule has 2 aromatic carbocycles. The van der Waals surface area contributed by atoms with Gasteiger partial charge in [0.15, 0.2) is 0 Å². The van der Waals surface area contributed by atoms with E-state index in [2.05, 4.69) is 10.9 Å². The summed E-state index contributed by atoms with van der Waals surface area (Å²) in [6.45, 7) is -0.535. The van der Waals surface area contributed by atoms with Gasteiger partial charge in [0.05, 0.1) is 16.3 Å². The van der Waals surface area contributed by atoms with Gasteiger partial charge in [-0.2, -0.15) is 4.31 Å². The van der Waals surface area contributed by atoms with Crippen LogP contribution in [-0.4, -0.2) is 64.9 Å². The first kappa shape index (κ1) is 23.5. The van der Waals surface area contributed by atoms with Crippen molar-refractivity contribution < 1.29 is 26.4 Å². The van der Waals surface area contributed by atoms with Gasteiger partial charge in [0.25, 0.3) is 11.8 Å². The van der Waals surface area contributed by atoms with Crippen LogP contribution in [0.2, 0.25) is 0 Å². The minimum Gasteiger partial charge on any atom is -0.272 e.